The molecule has 7 heteroatoms. The molecule has 340 valence electrons. The number of benzene rings is 9. The van der Waals surface area contributed by atoms with Crippen LogP contribution in [0, 0.1) is 0 Å². The van der Waals surface area contributed by atoms with E-state index in [1.165, 1.54) is 65.8 Å². The molecule has 3 heterocycles. The van der Waals surface area contributed by atoms with E-state index in [-0.39, 0.29) is 12.3 Å². The van der Waals surface area contributed by atoms with E-state index in [0.29, 0.717) is 5.56 Å². The zero-order valence-corrected chi connectivity index (χ0v) is 40.0. The molecule has 0 bridgehead atoms. The van der Waals surface area contributed by atoms with E-state index < -0.39 is 22.6 Å². The first-order valence-electron chi connectivity index (χ1n) is 24.3. The number of hydrogen-bond acceptors (Lipinski definition) is 3. The normalized spacial score (nSPS) is 14.4. The third kappa shape index (κ3) is 5.84. The maximum atomic E-state index is 15.2. The summed E-state index contributed by atoms with van der Waals surface area (Å²) in [6.07, 6.45) is -4.54. The number of anilines is 6. The van der Waals surface area contributed by atoms with Gasteiger partial charge in [0.25, 0.3) is 6.71 Å². The molecule has 71 heavy (non-hydrogen) atoms. The van der Waals surface area contributed by atoms with Crippen LogP contribution in [0.2, 0.25) is 0 Å². The minimum absolute atomic E-state index is 0.168. The second-order valence-corrected chi connectivity index (χ2v) is 21.3. The molecule has 1 aromatic heterocycles. The van der Waals surface area contributed by atoms with Gasteiger partial charge in [-0.3, -0.25) is 0 Å². The summed E-state index contributed by atoms with van der Waals surface area (Å²) < 4.78 is 46.8. The third-order valence-electron chi connectivity index (χ3n) is 15.4. The van der Waals surface area contributed by atoms with Crippen molar-refractivity contribution in [3.05, 3.63) is 245 Å². The molecule has 10 aromatic rings. The van der Waals surface area contributed by atoms with Gasteiger partial charge in [-0.15, -0.1) is 11.3 Å². The number of halogens is 3. The molecule has 0 N–H and O–H groups in total. The fourth-order valence-corrected chi connectivity index (χ4v) is 14.3. The lowest BCUT2D eigenvalue weighted by Crippen LogP contribution is -2.60. The van der Waals surface area contributed by atoms with Crippen LogP contribution < -0.4 is 25.5 Å². The Labute approximate surface area is 416 Å². The van der Waals surface area contributed by atoms with Crippen LogP contribution in [0.1, 0.15) is 53.5 Å². The lowest BCUT2D eigenvalue weighted by atomic mass is 9.36. The van der Waals surface area contributed by atoms with Crippen molar-refractivity contribution in [2.75, 3.05) is 9.80 Å². The van der Waals surface area contributed by atoms with E-state index in [1.54, 1.807) is 0 Å². The fraction of sp³-hybridized carbons (Fsp3) is 0.0938. The van der Waals surface area contributed by atoms with Gasteiger partial charge < -0.3 is 9.80 Å². The first kappa shape index (κ1) is 42.1. The van der Waals surface area contributed by atoms with Crippen LogP contribution in [0.5, 0.6) is 0 Å². The Morgan fingerprint density at radius 3 is 1.56 bits per heavy atom. The molecule has 0 unspecified atom stereocenters. The van der Waals surface area contributed by atoms with Gasteiger partial charge in [0.05, 0.1) is 16.7 Å². The van der Waals surface area contributed by atoms with E-state index in [0.717, 1.165) is 50.6 Å². The molecular weight excluding hydrogens is 897 g/mol. The lowest BCUT2D eigenvalue weighted by molar-refractivity contribution is -0.138. The Balaban J connectivity index is 1.09. The van der Waals surface area contributed by atoms with Crippen molar-refractivity contribution in [1.82, 2.24) is 0 Å². The van der Waals surface area contributed by atoms with Gasteiger partial charge >= 0.3 is 6.18 Å². The Morgan fingerprint density at radius 1 is 0.451 bits per heavy atom. The predicted octanol–water partition coefficient (Wildman–Crippen LogP) is 15.8. The molecule has 0 saturated carbocycles. The van der Waals surface area contributed by atoms with Crippen molar-refractivity contribution < 1.29 is 13.2 Å². The van der Waals surface area contributed by atoms with Crippen molar-refractivity contribution in [1.29, 1.82) is 0 Å². The van der Waals surface area contributed by atoms with Crippen LogP contribution in [0.25, 0.3) is 44.5 Å². The van der Waals surface area contributed by atoms with Gasteiger partial charge in [0.2, 0.25) is 0 Å². The number of rotatable bonds is 4. The van der Waals surface area contributed by atoms with E-state index in [2.05, 4.69) is 174 Å². The first-order valence-corrected chi connectivity index (χ1v) is 25.1. The van der Waals surface area contributed by atoms with Crippen LogP contribution in [-0.4, -0.2) is 6.71 Å². The van der Waals surface area contributed by atoms with Gasteiger partial charge in [0.1, 0.15) is 0 Å². The van der Waals surface area contributed by atoms with Crippen molar-refractivity contribution in [2.24, 2.45) is 0 Å². The van der Waals surface area contributed by atoms with Gasteiger partial charge in [-0.2, -0.15) is 13.2 Å². The SMILES string of the molecule is CC(C)(C)c1cc(-c2ccc3c(c2)N(c2ccccc2)c2cccc4c2B3c2sc3c(c2N4c2ccccc2)-c2ccccc2C32c3ccccc3-c3ccccc32)c(-c2ccccc2)cc1C(F)(F)F. The number of fused-ring (bicyclic) bond motifs is 15. The monoisotopic (exact) mass is 940 g/mol. The summed E-state index contributed by atoms with van der Waals surface area (Å²) in [4.78, 5) is 6.22. The zero-order chi connectivity index (χ0) is 48.0. The molecule has 0 radical (unpaired) electrons. The molecule has 9 aromatic carbocycles. The third-order valence-corrected chi connectivity index (χ3v) is 16.8. The second-order valence-electron chi connectivity index (χ2n) is 20.2. The molecule has 2 nitrogen and oxygen atoms in total. The van der Waals surface area contributed by atoms with Crippen molar-refractivity contribution in [2.45, 2.75) is 37.8 Å². The van der Waals surface area contributed by atoms with E-state index in [4.69, 9.17) is 0 Å². The average Bonchev–Trinajstić information content (AvgIpc) is 4.04. The largest absolute Gasteiger partial charge is 0.416 e. The zero-order valence-electron chi connectivity index (χ0n) is 39.2. The molecule has 0 amide bonds. The van der Waals surface area contributed by atoms with E-state index in [1.807, 2.05) is 74.6 Å². The van der Waals surface area contributed by atoms with E-state index in [9.17, 15) is 0 Å². The molecule has 0 fully saturated rings. The topological polar surface area (TPSA) is 6.48 Å². The first-order chi connectivity index (χ1) is 34.5. The Hall–Kier alpha value is -7.87. The molecule has 2 aliphatic heterocycles. The summed E-state index contributed by atoms with van der Waals surface area (Å²) in [6, 6.07) is 74.4. The highest BCUT2D eigenvalue weighted by Crippen LogP contribution is 2.67. The van der Waals surface area contributed by atoms with Crippen molar-refractivity contribution >= 4 is 67.9 Å². The van der Waals surface area contributed by atoms with Gasteiger partial charge in [-0.1, -0.05) is 178 Å². The van der Waals surface area contributed by atoms with Crippen LogP contribution in [0.4, 0.5) is 47.3 Å². The Kier molecular flexibility index (Phi) is 8.93. The number of para-hydroxylation sites is 2. The molecule has 0 atom stereocenters. The summed E-state index contributed by atoms with van der Waals surface area (Å²) in [6.45, 7) is 5.43. The summed E-state index contributed by atoms with van der Waals surface area (Å²) in [5.41, 5.74) is 19.0. The van der Waals surface area contributed by atoms with Gasteiger partial charge in [0, 0.05) is 43.7 Å². The minimum atomic E-state index is -4.54. The van der Waals surface area contributed by atoms with Crippen LogP contribution in [0.15, 0.2) is 212 Å². The van der Waals surface area contributed by atoms with Crippen molar-refractivity contribution in [3.8, 4) is 44.5 Å². The van der Waals surface area contributed by atoms with Gasteiger partial charge in [-0.05, 0) is 132 Å². The number of thiophene rings is 1. The number of alkyl halides is 3. The van der Waals surface area contributed by atoms with Gasteiger partial charge in [0.15, 0.2) is 0 Å². The number of hydrogen-bond donors (Lipinski definition) is 0. The maximum absolute atomic E-state index is 15.2. The fourth-order valence-electron chi connectivity index (χ4n) is 12.6. The van der Waals surface area contributed by atoms with Crippen LogP contribution in [0.3, 0.4) is 0 Å². The molecule has 1 spiro atoms. The second kappa shape index (κ2) is 15.1. The maximum Gasteiger partial charge on any atom is 0.416 e. The summed E-state index contributed by atoms with van der Waals surface area (Å²) >= 11 is 1.94. The summed E-state index contributed by atoms with van der Waals surface area (Å²) in [5.74, 6) is 0. The summed E-state index contributed by atoms with van der Waals surface area (Å²) in [7, 11) is 0. The Bertz CT molecular complexity index is 3770. The van der Waals surface area contributed by atoms with Crippen LogP contribution >= 0.6 is 11.3 Å². The molecule has 2 aliphatic carbocycles. The predicted molar refractivity (Wildman–Crippen MR) is 289 cm³/mol. The number of nitrogens with zero attached hydrogens (tertiary/aromatic N) is 2. The lowest BCUT2D eigenvalue weighted by Gasteiger charge is -2.43. The van der Waals surface area contributed by atoms with Crippen molar-refractivity contribution in [3.63, 3.8) is 0 Å². The van der Waals surface area contributed by atoms with Crippen LogP contribution in [-0.2, 0) is 17.0 Å². The molecule has 14 rings (SSSR count). The average molecular weight is 941 g/mol. The smallest absolute Gasteiger partial charge is 0.311 e. The molecule has 0 saturated heterocycles. The minimum Gasteiger partial charge on any atom is -0.311 e. The molecule has 4 aliphatic rings. The Morgan fingerprint density at radius 2 is 0.958 bits per heavy atom. The summed E-state index contributed by atoms with van der Waals surface area (Å²) in [5, 5.41) is 0. The molecular formula is C64H44BF3N2S. The quantitative estimate of drug-likeness (QED) is 0.162. The standard InChI is InChI=1S/C64H44BF3N2S/c1-62(2,3)51-37-47(46(38-52(51)64(66,67)68)39-20-7-4-8-21-39)40-34-35-53-56(36-40)69(41-22-9-5-10-23-41)54-32-19-33-55-58(54)65(53)61-59(70(55)42-24-11-6-12-25-42)57-45-28-15-18-31-50(45)63(60(57)71-61)48-29-16-13-26-43(48)44-27-14-17-30-49(44)63/h4-38H,1-3H3. The van der Waals surface area contributed by atoms with Gasteiger partial charge in [-0.25, -0.2) is 0 Å². The highest BCUT2D eigenvalue weighted by atomic mass is 32.1. The highest BCUT2D eigenvalue weighted by molar-refractivity contribution is 7.30. The highest BCUT2D eigenvalue weighted by Gasteiger charge is 2.56. The van der Waals surface area contributed by atoms with E-state index >= 15 is 13.2 Å².